The molecule has 2 aliphatic rings. The molecule has 15 heavy (non-hydrogen) atoms. The third-order valence-electron chi connectivity index (χ3n) is 3.29. The lowest BCUT2D eigenvalue weighted by Gasteiger charge is -2.21. The van der Waals surface area contributed by atoms with Gasteiger partial charge in [0.2, 0.25) is 0 Å². The minimum absolute atomic E-state index is 0.0806. The Balaban J connectivity index is 1.76. The molecule has 2 unspecified atom stereocenters. The van der Waals surface area contributed by atoms with E-state index in [1.807, 2.05) is 6.92 Å². The van der Waals surface area contributed by atoms with E-state index >= 15 is 0 Å². The highest BCUT2D eigenvalue weighted by molar-refractivity contribution is 5.77. The van der Waals surface area contributed by atoms with Crippen molar-refractivity contribution >= 4 is 5.97 Å². The maximum atomic E-state index is 11.8. The molecule has 86 valence electrons. The Morgan fingerprint density at radius 2 is 2.53 bits per heavy atom. The molecule has 2 atom stereocenters. The molecule has 0 bridgehead atoms. The molecule has 2 rings (SSSR count). The van der Waals surface area contributed by atoms with Gasteiger partial charge in [-0.25, -0.2) is 0 Å². The van der Waals surface area contributed by atoms with E-state index in [-0.39, 0.29) is 17.5 Å². The fourth-order valence-corrected chi connectivity index (χ4v) is 2.11. The van der Waals surface area contributed by atoms with Crippen LogP contribution >= 0.6 is 0 Å². The van der Waals surface area contributed by atoms with Gasteiger partial charge in [-0.15, -0.1) is 0 Å². The van der Waals surface area contributed by atoms with Gasteiger partial charge in [-0.2, -0.15) is 0 Å². The number of ether oxygens (including phenoxy) is 2. The molecule has 2 heterocycles. The van der Waals surface area contributed by atoms with Gasteiger partial charge in [0.05, 0.1) is 11.5 Å². The normalized spacial score (nSPS) is 35.7. The van der Waals surface area contributed by atoms with Crippen molar-refractivity contribution in [2.45, 2.75) is 32.3 Å². The second-order valence-electron chi connectivity index (χ2n) is 4.72. The van der Waals surface area contributed by atoms with E-state index in [0.717, 1.165) is 39.0 Å². The number of carbonyl (C=O) groups is 1. The van der Waals surface area contributed by atoms with Crippen LogP contribution in [0.3, 0.4) is 0 Å². The summed E-state index contributed by atoms with van der Waals surface area (Å²) in [5.74, 6) is -0.0806. The van der Waals surface area contributed by atoms with E-state index in [1.54, 1.807) is 0 Å². The van der Waals surface area contributed by atoms with E-state index in [1.165, 1.54) is 0 Å². The Hall–Kier alpha value is -0.610. The maximum Gasteiger partial charge on any atom is 0.313 e. The van der Waals surface area contributed by atoms with Crippen LogP contribution in [-0.2, 0) is 14.3 Å². The van der Waals surface area contributed by atoms with Crippen LogP contribution < -0.4 is 5.32 Å². The Kier molecular flexibility index (Phi) is 3.26. The summed E-state index contributed by atoms with van der Waals surface area (Å²) in [6.07, 6.45) is 3.10. The quantitative estimate of drug-likeness (QED) is 0.701. The zero-order chi connectivity index (χ0) is 10.7. The van der Waals surface area contributed by atoms with Crippen LogP contribution in [0.1, 0.15) is 26.2 Å². The molecule has 0 aromatic rings. The van der Waals surface area contributed by atoms with Crippen molar-refractivity contribution < 1.29 is 14.3 Å². The SMILES string of the molecule is CC1(C(=O)OCC2CCCO2)CCNC1. The second-order valence-corrected chi connectivity index (χ2v) is 4.72. The van der Waals surface area contributed by atoms with E-state index in [0.29, 0.717) is 6.61 Å². The summed E-state index contributed by atoms with van der Waals surface area (Å²) in [4.78, 5) is 11.8. The number of nitrogens with one attached hydrogen (secondary N) is 1. The van der Waals surface area contributed by atoms with Crippen molar-refractivity contribution in [2.24, 2.45) is 5.41 Å². The van der Waals surface area contributed by atoms with E-state index in [2.05, 4.69) is 5.32 Å². The number of hydrogen-bond donors (Lipinski definition) is 1. The van der Waals surface area contributed by atoms with Crippen LogP contribution in [0.2, 0.25) is 0 Å². The van der Waals surface area contributed by atoms with Crippen molar-refractivity contribution in [3.8, 4) is 0 Å². The van der Waals surface area contributed by atoms with Crippen LogP contribution in [0.25, 0.3) is 0 Å². The molecule has 0 spiro atoms. The van der Waals surface area contributed by atoms with E-state index in [4.69, 9.17) is 9.47 Å². The highest BCUT2D eigenvalue weighted by Crippen LogP contribution is 2.26. The summed E-state index contributed by atoms with van der Waals surface area (Å²) in [5.41, 5.74) is -0.321. The molecule has 0 aromatic carbocycles. The summed E-state index contributed by atoms with van der Waals surface area (Å²) in [6.45, 7) is 4.84. The molecule has 2 fully saturated rings. The Morgan fingerprint density at radius 1 is 1.67 bits per heavy atom. The minimum Gasteiger partial charge on any atom is -0.462 e. The smallest absolute Gasteiger partial charge is 0.313 e. The van der Waals surface area contributed by atoms with Crippen LogP contribution in [0.5, 0.6) is 0 Å². The van der Waals surface area contributed by atoms with Gasteiger partial charge in [0, 0.05) is 13.2 Å². The predicted molar refractivity (Wildman–Crippen MR) is 55.5 cm³/mol. The molecule has 2 saturated heterocycles. The molecule has 0 radical (unpaired) electrons. The largest absolute Gasteiger partial charge is 0.462 e. The maximum absolute atomic E-state index is 11.8. The number of carbonyl (C=O) groups excluding carboxylic acids is 1. The molecule has 0 aliphatic carbocycles. The Bertz CT molecular complexity index is 230. The van der Waals surface area contributed by atoms with Gasteiger partial charge in [-0.3, -0.25) is 4.79 Å². The van der Waals surface area contributed by atoms with Gasteiger partial charge in [-0.05, 0) is 32.7 Å². The van der Waals surface area contributed by atoms with Crippen molar-refractivity contribution in [1.82, 2.24) is 5.32 Å². The van der Waals surface area contributed by atoms with Gasteiger partial charge in [0.15, 0.2) is 0 Å². The Morgan fingerprint density at radius 3 is 3.13 bits per heavy atom. The van der Waals surface area contributed by atoms with Gasteiger partial charge in [0.1, 0.15) is 6.61 Å². The fourth-order valence-electron chi connectivity index (χ4n) is 2.11. The summed E-state index contributed by atoms with van der Waals surface area (Å²) < 4.78 is 10.7. The monoisotopic (exact) mass is 213 g/mol. The average molecular weight is 213 g/mol. The highest BCUT2D eigenvalue weighted by atomic mass is 16.6. The highest BCUT2D eigenvalue weighted by Gasteiger charge is 2.38. The van der Waals surface area contributed by atoms with Crippen molar-refractivity contribution in [3.63, 3.8) is 0 Å². The first-order chi connectivity index (χ1) is 7.21. The molecule has 1 N–H and O–H groups in total. The average Bonchev–Trinajstić information content (AvgIpc) is 2.85. The molecule has 4 nitrogen and oxygen atoms in total. The fraction of sp³-hybridized carbons (Fsp3) is 0.909. The summed E-state index contributed by atoms with van der Waals surface area (Å²) >= 11 is 0. The standard InChI is InChI=1S/C11H19NO3/c1-11(4-5-12-8-11)10(13)15-7-9-3-2-6-14-9/h9,12H,2-8H2,1H3. The number of esters is 1. The molecule has 0 aromatic heterocycles. The summed E-state index contributed by atoms with van der Waals surface area (Å²) in [5, 5.41) is 3.19. The number of hydrogen-bond acceptors (Lipinski definition) is 4. The van der Waals surface area contributed by atoms with Crippen LogP contribution in [-0.4, -0.2) is 38.4 Å². The first-order valence-corrected chi connectivity index (χ1v) is 5.70. The first kappa shape index (κ1) is 10.9. The zero-order valence-electron chi connectivity index (χ0n) is 9.25. The third kappa shape index (κ3) is 2.49. The van der Waals surface area contributed by atoms with Gasteiger partial charge in [0.25, 0.3) is 0 Å². The molecular weight excluding hydrogens is 194 g/mol. The minimum atomic E-state index is -0.321. The van der Waals surface area contributed by atoms with Crippen LogP contribution in [0.4, 0.5) is 0 Å². The van der Waals surface area contributed by atoms with E-state index < -0.39 is 0 Å². The molecule has 4 heteroatoms. The topological polar surface area (TPSA) is 47.6 Å². The molecule has 0 amide bonds. The second kappa shape index (κ2) is 4.49. The van der Waals surface area contributed by atoms with Gasteiger partial charge < -0.3 is 14.8 Å². The first-order valence-electron chi connectivity index (χ1n) is 5.70. The van der Waals surface area contributed by atoms with Gasteiger partial charge in [-0.1, -0.05) is 0 Å². The molecule has 0 saturated carbocycles. The van der Waals surface area contributed by atoms with Crippen LogP contribution in [0.15, 0.2) is 0 Å². The van der Waals surface area contributed by atoms with Crippen molar-refractivity contribution in [3.05, 3.63) is 0 Å². The van der Waals surface area contributed by atoms with Crippen LogP contribution in [0, 0.1) is 5.41 Å². The molecule has 2 aliphatic heterocycles. The zero-order valence-corrected chi connectivity index (χ0v) is 9.25. The van der Waals surface area contributed by atoms with Crippen molar-refractivity contribution in [2.75, 3.05) is 26.3 Å². The summed E-state index contributed by atoms with van der Waals surface area (Å²) in [6, 6.07) is 0. The Labute approximate surface area is 90.3 Å². The van der Waals surface area contributed by atoms with Crippen molar-refractivity contribution in [1.29, 1.82) is 0 Å². The van der Waals surface area contributed by atoms with Gasteiger partial charge >= 0.3 is 5.97 Å². The lowest BCUT2D eigenvalue weighted by atomic mass is 9.90. The summed E-state index contributed by atoms with van der Waals surface area (Å²) in [7, 11) is 0. The predicted octanol–water partition coefficient (Wildman–Crippen LogP) is 0.708. The lowest BCUT2D eigenvalue weighted by molar-refractivity contribution is -0.157. The van der Waals surface area contributed by atoms with E-state index in [9.17, 15) is 4.79 Å². The third-order valence-corrected chi connectivity index (χ3v) is 3.29. The molecular formula is C11H19NO3. The number of rotatable bonds is 3. The lowest BCUT2D eigenvalue weighted by Crippen LogP contribution is -2.33.